The zero-order chi connectivity index (χ0) is 20.1. The largest absolute Gasteiger partial charge is 0.389 e. The fourth-order valence-corrected chi connectivity index (χ4v) is 3.93. The second-order valence-electron chi connectivity index (χ2n) is 7.26. The molecule has 4 heteroatoms. The van der Waals surface area contributed by atoms with Gasteiger partial charge >= 0.3 is 0 Å². The molecular formula is C24H28N2O2. The molecule has 1 amide bonds. The van der Waals surface area contributed by atoms with E-state index in [1.807, 2.05) is 50.2 Å². The summed E-state index contributed by atoms with van der Waals surface area (Å²) in [5, 5.41) is 13.0. The van der Waals surface area contributed by atoms with Crippen molar-refractivity contribution in [1.82, 2.24) is 10.3 Å². The SMILES string of the molecule is Cc1[nH]c(C(=O)NCCC(c2ccccc2)c2ccccc2)c(C)c1[C@H](C)O. The van der Waals surface area contributed by atoms with Crippen LogP contribution in [0.5, 0.6) is 0 Å². The number of nitrogens with one attached hydrogen (secondary N) is 2. The molecule has 0 saturated carbocycles. The van der Waals surface area contributed by atoms with Gasteiger partial charge in [0.15, 0.2) is 0 Å². The lowest BCUT2D eigenvalue weighted by molar-refractivity contribution is 0.0947. The van der Waals surface area contributed by atoms with E-state index >= 15 is 0 Å². The molecule has 0 fully saturated rings. The Hall–Kier alpha value is -2.85. The summed E-state index contributed by atoms with van der Waals surface area (Å²) in [5.41, 5.74) is 5.47. The minimum atomic E-state index is -0.599. The molecule has 0 spiro atoms. The second-order valence-corrected chi connectivity index (χ2v) is 7.26. The van der Waals surface area contributed by atoms with Gasteiger partial charge in [-0.15, -0.1) is 0 Å². The predicted octanol–water partition coefficient (Wildman–Crippen LogP) is 4.64. The normalized spacial score (nSPS) is 12.2. The van der Waals surface area contributed by atoms with Crippen molar-refractivity contribution in [2.24, 2.45) is 0 Å². The number of amides is 1. The summed E-state index contributed by atoms with van der Waals surface area (Å²) >= 11 is 0. The standard InChI is InChI=1S/C24H28N2O2/c1-16-22(18(3)27)17(2)26-23(16)24(28)25-15-14-21(19-10-6-4-7-11-19)20-12-8-5-9-13-20/h4-13,18,21,26-27H,14-15H2,1-3H3,(H,25,28)/t18-/m0/s1. The molecule has 3 N–H and O–H groups in total. The number of aryl methyl sites for hydroxylation is 1. The molecule has 0 bridgehead atoms. The van der Waals surface area contributed by atoms with Crippen LogP contribution < -0.4 is 5.32 Å². The van der Waals surface area contributed by atoms with Gasteiger partial charge in [-0.2, -0.15) is 0 Å². The number of carbonyl (C=O) groups is 1. The molecule has 2 aromatic carbocycles. The van der Waals surface area contributed by atoms with E-state index in [1.165, 1.54) is 11.1 Å². The van der Waals surface area contributed by atoms with E-state index in [4.69, 9.17) is 0 Å². The molecule has 0 unspecified atom stereocenters. The van der Waals surface area contributed by atoms with Crippen molar-refractivity contribution in [3.63, 3.8) is 0 Å². The molecule has 0 aliphatic rings. The molecule has 3 aromatic rings. The quantitative estimate of drug-likeness (QED) is 0.562. The average Bonchev–Trinajstić information content (AvgIpc) is 3.01. The molecule has 146 valence electrons. The Balaban J connectivity index is 1.71. The van der Waals surface area contributed by atoms with Crippen LogP contribution in [0.4, 0.5) is 0 Å². The van der Waals surface area contributed by atoms with Gasteiger partial charge in [0.2, 0.25) is 0 Å². The highest BCUT2D eigenvalue weighted by Crippen LogP contribution is 2.28. The van der Waals surface area contributed by atoms with Gasteiger partial charge in [-0.25, -0.2) is 0 Å². The summed E-state index contributed by atoms with van der Waals surface area (Å²) in [7, 11) is 0. The van der Waals surface area contributed by atoms with E-state index in [2.05, 4.69) is 34.6 Å². The first-order valence-electron chi connectivity index (χ1n) is 9.74. The number of aliphatic hydroxyl groups excluding tert-OH is 1. The number of rotatable bonds is 7. The topological polar surface area (TPSA) is 65.1 Å². The van der Waals surface area contributed by atoms with E-state index < -0.39 is 6.10 Å². The number of aromatic amines is 1. The molecule has 0 saturated heterocycles. The molecule has 1 aromatic heterocycles. The molecule has 0 radical (unpaired) electrons. The van der Waals surface area contributed by atoms with Crippen molar-refractivity contribution in [3.8, 4) is 0 Å². The fourth-order valence-electron chi connectivity index (χ4n) is 3.93. The lowest BCUT2D eigenvalue weighted by Crippen LogP contribution is -2.26. The van der Waals surface area contributed by atoms with Gasteiger partial charge in [-0.05, 0) is 43.9 Å². The number of H-pyrrole nitrogens is 1. The smallest absolute Gasteiger partial charge is 0.267 e. The maximum absolute atomic E-state index is 12.7. The second kappa shape index (κ2) is 8.89. The molecule has 28 heavy (non-hydrogen) atoms. The molecule has 1 atom stereocenters. The highest BCUT2D eigenvalue weighted by Gasteiger charge is 2.20. The first-order chi connectivity index (χ1) is 13.5. The van der Waals surface area contributed by atoms with E-state index in [0.717, 1.165) is 23.2 Å². The first-order valence-corrected chi connectivity index (χ1v) is 9.74. The molecule has 1 heterocycles. The first kappa shape index (κ1) is 19.9. The Morgan fingerprint density at radius 2 is 1.54 bits per heavy atom. The van der Waals surface area contributed by atoms with Crippen LogP contribution in [-0.2, 0) is 0 Å². The molecule has 0 aliphatic carbocycles. The maximum Gasteiger partial charge on any atom is 0.267 e. The van der Waals surface area contributed by atoms with Crippen LogP contribution in [0.25, 0.3) is 0 Å². The third-order valence-corrected chi connectivity index (χ3v) is 5.26. The van der Waals surface area contributed by atoms with Crippen molar-refractivity contribution >= 4 is 5.91 Å². The molecule has 4 nitrogen and oxygen atoms in total. The summed E-state index contributed by atoms with van der Waals surface area (Å²) < 4.78 is 0. The Labute approximate surface area is 166 Å². The zero-order valence-corrected chi connectivity index (χ0v) is 16.7. The number of carbonyl (C=O) groups excluding carboxylic acids is 1. The van der Waals surface area contributed by atoms with Gasteiger partial charge in [-0.1, -0.05) is 60.7 Å². The average molecular weight is 377 g/mol. The lowest BCUT2D eigenvalue weighted by Gasteiger charge is -2.18. The highest BCUT2D eigenvalue weighted by atomic mass is 16.3. The van der Waals surface area contributed by atoms with Gasteiger partial charge in [0, 0.05) is 23.7 Å². The van der Waals surface area contributed by atoms with E-state index in [1.54, 1.807) is 6.92 Å². The fraction of sp³-hybridized carbons (Fsp3) is 0.292. The summed E-state index contributed by atoms with van der Waals surface area (Å²) in [6.45, 7) is 6.04. The maximum atomic E-state index is 12.7. The third-order valence-electron chi connectivity index (χ3n) is 5.26. The Morgan fingerprint density at radius 3 is 2.00 bits per heavy atom. The molecule has 0 aliphatic heterocycles. The Morgan fingerprint density at radius 1 is 1.00 bits per heavy atom. The van der Waals surface area contributed by atoms with Crippen LogP contribution in [0, 0.1) is 13.8 Å². The van der Waals surface area contributed by atoms with Gasteiger partial charge in [0.05, 0.1) is 6.10 Å². The molecule has 3 rings (SSSR count). The zero-order valence-electron chi connectivity index (χ0n) is 16.7. The van der Waals surface area contributed by atoms with Crippen LogP contribution in [-0.4, -0.2) is 22.5 Å². The van der Waals surface area contributed by atoms with Crippen LogP contribution >= 0.6 is 0 Å². The van der Waals surface area contributed by atoms with E-state index in [-0.39, 0.29) is 11.8 Å². The molecular weight excluding hydrogens is 348 g/mol. The number of hydrogen-bond acceptors (Lipinski definition) is 2. The van der Waals surface area contributed by atoms with Crippen molar-refractivity contribution < 1.29 is 9.90 Å². The minimum Gasteiger partial charge on any atom is -0.389 e. The van der Waals surface area contributed by atoms with Crippen LogP contribution in [0.15, 0.2) is 60.7 Å². The van der Waals surface area contributed by atoms with Crippen LogP contribution in [0.2, 0.25) is 0 Å². The van der Waals surface area contributed by atoms with Crippen molar-refractivity contribution in [3.05, 3.63) is 94.3 Å². The van der Waals surface area contributed by atoms with E-state index in [0.29, 0.717) is 12.2 Å². The van der Waals surface area contributed by atoms with Gasteiger partial charge in [0.25, 0.3) is 5.91 Å². The minimum absolute atomic E-state index is 0.132. The highest BCUT2D eigenvalue weighted by molar-refractivity contribution is 5.94. The van der Waals surface area contributed by atoms with Crippen molar-refractivity contribution in [2.45, 2.75) is 39.2 Å². The summed E-state index contributed by atoms with van der Waals surface area (Å²) in [6, 6.07) is 20.8. The van der Waals surface area contributed by atoms with Crippen LogP contribution in [0.1, 0.15) is 63.8 Å². The van der Waals surface area contributed by atoms with Gasteiger partial charge in [-0.3, -0.25) is 4.79 Å². The summed E-state index contributed by atoms with van der Waals surface area (Å²) in [6.07, 6.45) is 0.209. The Bertz CT molecular complexity index is 875. The van der Waals surface area contributed by atoms with Crippen molar-refractivity contribution in [1.29, 1.82) is 0 Å². The number of hydrogen-bond donors (Lipinski definition) is 3. The van der Waals surface area contributed by atoms with Gasteiger partial charge < -0.3 is 15.4 Å². The summed E-state index contributed by atoms with van der Waals surface area (Å²) in [5.74, 6) is 0.0922. The van der Waals surface area contributed by atoms with E-state index in [9.17, 15) is 9.90 Å². The van der Waals surface area contributed by atoms with Gasteiger partial charge in [0.1, 0.15) is 5.69 Å². The number of benzene rings is 2. The third kappa shape index (κ3) is 4.34. The van der Waals surface area contributed by atoms with Crippen LogP contribution in [0.3, 0.4) is 0 Å². The summed E-state index contributed by atoms with van der Waals surface area (Å²) in [4.78, 5) is 15.8. The lowest BCUT2D eigenvalue weighted by atomic mass is 9.88. The number of aromatic nitrogens is 1. The Kier molecular flexibility index (Phi) is 6.32. The number of aliphatic hydroxyl groups is 1. The predicted molar refractivity (Wildman–Crippen MR) is 113 cm³/mol. The van der Waals surface area contributed by atoms with Crippen molar-refractivity contribution in [2.75, 3.05) is 6.54 Å². The monoisotopic (exact) mass is 376 g/mol.